The number of carboxylic acids is 1. The molecule has 1 saturated heterocycles. The third kappa shape index (κ3) is 7.38. The van der Waals surface area contributed by atoms with Crippen LogP contribution in [0.4, 0.5) is 5.69 Å². The lowest BCUT2D eigenvalue weighted by Gasteiger charge is -2.25. The summed E-state index contributed by atoms with van der Waals surface area (Å²) in [6, 6.07) is 21.7. The molecular formula is C29H32N4O6S. The number of amides is 1. The Bertz CT molecular complexity index is 1440. The van der Waals surface area contributed by atoms with Gasteiger partial charge in [0.05, 0.1) is 23.3 Å². The lowest BCUT2D eigenvalue weighted by Crippen LogP contribution is -2.38. The minimum atomic E-state index is -3.86. The summed E-state index contributed by atoms with van der Waals surface area (Å²) in [6.07, 6.45) is 1.70. The van der Waals surface area contributed by atoms with Crippen LogP contribution in [0.2, 0.25) is 0 Å². The number of likely N-dealkylation sites (tertiary alicyclic amines) is 1. The van der Waals surface area contributed by atoms with Gasteiger partial charge in [-0.25, -0.2) is 8.42 Å². The zero-order chi connectivity index (χ0) is 28.7. The highest BCUT2D eigenvalue weighted by Crippen LogP contribution is 2.29. The molecule has 0 unspecified atom stereocenters. The van der Waals surface area contributed by atoms with Crippen molar-refractivity contribution in [3.05, 3.63) is 90.0 Å². The molecule has 1 amide bonds. The number of hydrogen-bond donors (Lipinski definition) is 4. The molecule has 1 aliphatic rings. The maximum Gasteiger partial charge on any atom is 0.304 e. The van der Waals surface area contributed by atoms with Crippen LogP contribution in [0.5, 0.6) is 5.75 Å². The van der Waals surface area contributed by atoms with Gasteiger partial charge in [-0.15, -0.1) is 0 Å². The molecule has 0 bridgehead atoms. The Morgan fingerprint density at radius 2 is 1.73 bits per heavy atom. The lowest BCUT2D eigenvalue weighted by atomic mass is 10.0. The smallest absolute Gasteiger partial charge is 0.304 e. The molecule has 0 radical (unpaired) electrons. The van der Waals surface area contributed by atoms with E-state index < -0.39 is 21.9 Å². The van der Waals surface area contributed by atoms with Crippen LogP contribution in [-0.4, -0.2) is 55.3 Å². The summed E-state index contributed by atoms with van der Waals surface area (Å²) in [4.78, 5) is 26.0. The number of rotatable bonds is 13. The number of amidine groups is 1. The van der Waals surface area contributed by atoms with Crippen LogP contribution >= 0.6 is 0 Å². The Morgan fingerprint density at radius 3 is 2.35 bits per heavy atom. The van der Waals surface area contributed by atoms with Gasteiger partial charge in [-0.1, -0.05) is 30.3 Å². The van der Waals surface area contributed by atoms with Crippen LogP contribution in [0.15, 0.2) is 83.8 Å². The summed E-state index contributed by atoms with van der Waals surface area (Å²) in [5, 5.41) is 16.7. The molecule has 40 heavy (non-hydrogen) atoms. The molecular weight excluding hydrogens is 532 g/mol. The maximum absolute atomic E-state index is 13.0. The van der Waals surface area contributed by atoms with E-state index >= 15 is 0 Å². The van der Waals surface area contributed by atoms with Gasteiger partial charge < -0.3 is 20.5 Å². The van der Waals surface area contributed by atoms with E-state index in [1.54, 1.807) is 29.2 Å². The van der Waals surface area contributed by atoms with Crippen LogP contribution < -0.4 is 15.2 Å². The van der Waals surface area contributed by atoms with E-state index in [4.69, 9.17) is 15.9 Å². The highest BCUT2D eigenvalue weighted by Gasteiger charge is 2.40. The molecule has 5 N–H and O–H groups in total. The number of sulfonamides is 1. The minimum Gasteiger partial charge on any atom is -0.491 e. The Labute approximate surface area is 233 Å². The minimum absolute atomic E-state index is 0.0376. The Morgan fingerprint density at radius 1 is 1.05 bits per heavy atom. The number of benzene rings is 3. The maximum atomic E-state index is 13.0. The Hall–Kier alpha value is -4.38. The summed E-state index contributed by atoms with van der Waals surface area (Å²) in [5.74, 6) is -1.45. The molecule has 0 spiro atoms. The van der Waals surface area contributed by atoms with Crippen LogP contribution in [0.25, 0.3) is 0 Å². The van der Waals surface area contributed by atoms with Crippen molar-refractivity contribution in [1.29, 1.82) is 5.41 Å². The summed E-state index contributed by atoms with van der Waals surface area (Å²) in [6.45, 7) is 0.661. The molecule has 0 saturated carbocycles. The first-order valence-electron chi connectivity index (χ1n) is 12.9. The number of nitrogens with one attached hydrogen (secondary N) is 2. The fraction of sp³-hybridized carbons (Fsp3) is 0.276. The van der Waals surface area contributed by atoms with E-state index in [1.165, 1.54) is 29.8 Å². The number of carboxylic acid groups (broad SMARTS) is 1. The summed E-state index contributed by atoms with van der Waals surface area (Å²) in [5.41, 5.74) is 7.42. The van der Waals surface area contributed by atoms with Gasteiger partial charge in [0.1, 0.15) is 18.2 Å². The van der Waals surface area contributed by atoms with Crippen molar-refractivity contribution in [1.82, 2.24) is 4.90 Å². The number of nitrogens with zero attached hydrogens (tertiary/aromatic N) is 1. The van der Waals surface area contributed by atoms with E-state index in [1.807, 2.05) is 30.3 Å². The van der Waals surface area contributed by atoms with Crippen LogP contribution in [0.3, 0.4) is 0 Å². The second-order valence-corrected chi connectivity index (χ2v) is 11.4. The molecule has 2 atom stereocenters. The molecule has 11 heteroatoms. The average Bonchev–Trinajstić information content (AvgIpc) is 3.21. The van der Waals surface area contributed by atoms with Crippen molar-refractivity contribution >= 4 is 33.4 Å². The molecule has 1 aliphatic heterocycles. The Balaban J connectivity index is 1.37. The van der Waals surface area contributed by atoms with Gasteiger partial charge in [0, 0.05) is 17.8 Å². The van der Waals surface area contributed by atoms with Gasteiger partial charge in [0.15, 0.2) is 0 Å². The standard InChI is InChI=1S/C29H32N4O6S/c30-28(31)21-8-10-23(11-9-21)32-40(37,38)26-14-12-25(13-15-26)39-19-24-17-22(18-27(34)35)29(36)33(24)16-4-7-20-5-2-1-3-6-20/h1-3,5-6,8-15,22,24,32H,4,7,16-19H2,(H3,30,31)(H,34,35)/t22-,24-/m0/s1. The predicted octanol–water partition coefficient (Wildman–Crippen LogP) is 3.47. The number of aliphatic carboxylic acids is 1. The van der Waals surface area contributed by atoms with E-state index in [0.29, 0.717) is 30.0 Å². The number of ether oxygens (including phenoxy) is 1. The molecule has 3 aromatic rings. The number of nitrogen functional groups attached to an aromatic ring is 1. The van der Waals surface area contributed by atoms with Crippen molar-refractivity contribution in [2.45, 2.75) is 36.6 Å². The van der Waals surface area contributed by atoms with Gasteiger partial charge in [-0.3, -0.25) is 19.7 Å². The first-order chi connectivity index (χ1) is 19.1. The third-order valence-electron chi connectivity index (χ3n) is 6.78. The highest BCUT2D eigenvalue weighted by atomic mass is 32.2. The summed E-state index contributed by atoms with van der Waals surface area (Å²) in [7, 11) is -3.86. The molecule has 0 aliphatic carbocycles. The van der Waals surface area contributed by atoms with Gasteiger partial charge in [-0.2, -0.15) is 0 Å². The third-order valence-corrected chi connectivity index (χ3v) is 8.18. The topological polar surface area (TPSA) is 163 Å². The van der Waals surface area contributed by atoms with E-state index in [9.17, 15) is 23.1 Å². The van der Waals surface area contributed by atoms with E-state index in [2.05, 4.69) is 4.72 Å². The first kappa shape index (κ1) is 28.6. The molecule has 210 valence electrons. The molecule has 3 aromatic carbocycles. The fourth-order valence-corrected chi connectivity index (χ4v) is 5.80. The van der Waals surface area contributed by atoms with Crippen LogP contribution in [-0.2, 0) is 26.0 Å². The van der Waals surface area contributed by atoms with Crippen molar-refractivity contribution in [3.8, 4) is 5.75 Å². The van der Waals surface area contributed by atoms with Gasteiger partial charge in [-0.05, 0) is 73.4 Å². The van der Waals surface area contributed by atoms with Crippen molar-refractivity contribution in [2.75, 3.05) is 17.9 Å². The molecule has 10 nitrogen and oxygen atoms in total. The molecule has 1 heterocycles. The summed E-state index contributed by atoms with van der Waals surface area (Å²) < 4.78 is 34.0. The monoisotopic (exact) mass is 564 g/mol. The van der Waals surface area contributed by atoms with Crippen molar-refractivity contribution in [3.63, 3.8) is 0 Å². The Kier molecular flexibility index (Phi) is 9.05. The number of aryl methyl sites for hydroxylation is 1. The fourth-order valence-electron chi connectivity index (χ4n) is 4.74. The average molecular weight is 565 g/mol. The second kappa shape index (κ2) is 12.6. The van der Waals surface area contributed by atoms with Gasteiger partial charge in [0.25, 0.3) is 10.0 Å². The van der Waals surface area contributed by atoms with E-state index in [-0.39, 0.29) is 35.7 Å². The first-order valence-corrected chi connectivity index (χ1v) is 14.4. The van der Waals surface area contributed by atoms with E-state index in [0.717, 1.165) is 12.8 Å². The number of nitrogens with two attached hydrogens (primary N) is 1. The zero-order valence-corrected chi connectivity index (χ0v) is 22.6. The summed E-state index contributed by atoms with van der Waals surface area (Å²) >= 11 is 0. The van der Waals surface area contributed by atoms with Crippen LogP contribution in [0, 0.1) is 11.3 Å². The quantitative estimate of drug-likeness (QED) is 0.182. The number of carbonyl (C=O) groups excluding carboxylic acids is 1. The van der Waals surface area contributed by atoms with Crippen molar-refractivity contribution in [2.24, 2.45) is 11.7 Å². The molecule has 4 rings (SSSR count). The predicted molar refractivity (Wildman–Crippen MR) is 151 cm³/mol. The van der Waals surface area contributed by atoms with Crippen molar-refractivity contribution < 1.29 is 27.9 Å². The van der Waals surface area contributed by atoms with Crippen LogP contribution in [0.1, 0.15) is 30.4 Å². The number of carbonyl (C=O) groups is 2. The largest absolute Gasteiger partial charge is 0.491 e. The molecule has 0 aromatic heterocycles. The zero-order valence-electron chi connectivity index (χ0n) is 21.8. The molecule has 1 fully saturated rings. The van der Waals surface area contributed by atoms with Gasteiger partial charge >= 0.3 is 5.97 Å². The highest BCUT2D eigenvalue weighted by molar-refractivity contribution is 7.92. The second-order valence-electron chi connectivity index (χ2n) is 9.68. The number of anilines is 1. The SMILES string of the molecule is N=C(N)c1ccc(NS(=O)(=O)c2ccc(OC[C@@H]3C[C@@H](CC(=O)O)C(=O)N3CCCc3ccccc3)cc2)cc1. The lowest BCUT2D eigenvalue weighted by molar-refractivity contribution is -0.142. The number of hydrogen-bond acceptors (Lipinski definition) is 6. The van der Waals surface area contributed by atoms with Gasteiger partial charge in [0.2, 0.25) is 5.91 Å². The normalized spacial score (nSPS) is 17.0.